The van der Waals surface area contributed by atoms with Crippen LogP contribution in [0.4, 0.5) is 0 Å². The van der Waals surface area contributed by atoms with E-state index in [1.807, 2.05) is 18.2 Å². The molecule has 2 atom stereocenters. The SMILES string of the molecule is O=P1(CCc2ccccc2)C[C@H](Br)[C@@H](Br)C1. The number of hydrogen-bond donors (Lipinski definition) is 0. The molecule has 1 saturated heterocycles. The van der Waals surface area contributed by atoms with Gasteiger partial charge in [-0.1, -0.05) is 62.2 Å². The average Bonchev–Trinajstić information content (AvgIpc) is 2.53. The molecular weight excluding hydrogens is 351 g/mol. The predicted molar refractivity (Wildman–Crippen MR) is 77.8 cm³/mol. The third-order valence-electron chi connectivity index (χ3n) is 3.06. The van der Waals surface area contributed by atoms with E-state index in [0.717, 1.165) is 24.9 Å². The van der Waals surface area contributed by atoms with Crippen molar-refractivity contribution >= 4 is 39.0 Å². The van der Waals surface area contributed by atoms with Crippen LogP contribution < -0.4 is 0 Å². The fourth-order valence-electron chi connectivity index (χ4n) is 2.10. The second kappa shape index (κ2) is 5.37. The largest absolute Gasteiger partial charge is 0.323 e. The minimum Gasteiger partial charge on any atom is -0.323 e. The van der Waals surface area contributed by atoms with E-state index in [0.29, 0.717) is 9.65 Å². The molecule has 16 heavy (non-hydrogen) atoms. The molecule has 0 unspecified atom stereocenters. The van der Waals surface area contributed by atoms with E-state index in [4.69, 9.17) is 0 Å². The number of alkyl halides is 2. The first-order valence-corrected chi connectivity index (χ1v) is 9.58. The molecule has 1 heterocycles. The Morgan fingerprint density at radius 2 is 1.69 bits per heavy atom. The van der Waals surface area contributed by atoms with Gasteiger partial charge in [-0.25, -0.2) is 0 Å². The lowest BCUT2D eigenvalue weighted by molar-refractivity contribution is 0.578. The molecule has 88 valence electrons. The third-order valence-corrected chi connectivity index (χ3v) is 9.85. The highest BCUT2D eigenvalue weighted by molar-refractivity contribution is 9.12. The van der Waals surface area contributed by atoms with Crippen molar-refractivity contribution in [2.24, 2.45) is 0 Å². The van der Waals surface area contributed by atoms with Crippen molar-refractivity contribution in [2.45, 2.75) is 16.1 Å². The van der Waals surface area contributed by atoms with Crippen molar-refractivity contribution in [2.75, 3.05) is 18.5 Å². The maximum atomic E-state index is 12.5. The average molecular weight is 366 g/mol. The summed E-state index contributed by atoms with van der Waals surface area (Å²) in [5.41, 5.74) is 1.29. The van der Waals surface area contributed by atoms with Crippen LogP contribution in [0.3, 0.4) is 0 Å². The first-order valence-electron chi connectivity index (χ1n) is 5.48. The van der Waals surface area contributed by atoms with Crippen molar-refractivity contribution < 1.29 is 4.57 Å². The Kier molecular flexibility index (Phi) is 4.32. The molecule has 0 bridgehead atoms. The molecule has 0 saturated carbocycles. The number of aryl methyl sites for hydroxylation is 1. The molecule has 1 aromatic rings. The molecule has 1 aliphatic rings. The van der Waals surface area contributed by atoms with Gasteiger partial charge >= 0.3 is 0 Å². The first kappa shape index (κ1) is 12.9. The Hall–Kier alpha value is 0.410. The molecule has 4 heteroatoms. The quantitative estimate of drug-likeness (QED) is 0.581. The van der Waals surface area contributed by atoms with E-state index >= 15 is 0 Å². The standard InChI is InChI=1S/C12H15Br2OP/c13-11-8-16(15,9-12(11)14)7-6-10-4-2-1-3-5-10/h1-5,11-12H,6-9H2/t11-,12-/m0/s1. The Morgan fingerprint density at radius 1 is 1.12 bits per heavy atom. The summed E-state index contributed by atoms with van der Waals surface area (Å²) in [4.78, 5) is 0.767. The number of halogens is 2. The normalized spacial score (nSPS) is 28.1. The second-order valence-electron chi connectivity index (χ2n) is 4.41. The highest BCUT2D eigenvalue weighted by Gasteiger charge is 2.38. The maximum absolute atomic E-state index is 12.5. The van der Waals surface area contributed by atoms with E-state index in [1.54, 1.807) is 0 Å². The molecule has 0 spiro atoms. The molecule has 1 aliphatic heterocycles. The third kappa shape index (κ3) is 3.21. The van der Waals surface area contributed by atoms with Crippen LogP contribution in [0.5, 0.6) is 0 Å². The molecular formula is C12H15Br2OP. The van der Waals surface area contributed by atoms with Crippen LogP contribution in [-0.2, 0) is 11.0 Å². The summed E-state index contributed by atoms with van der Waals surface area (Å²) in [6.45, 7) is 0. The molecule has 0 aliphatic carbocycles. The van der Waals surface area contributed by atoms with E-state index in [-0.39, 0.29) is 0 Å². The summed E-state index contributed by atoms with van der Waals surface area (Å²) >= 11 is 7.17. The lowest BCUT2D eigenvalue weighted by Crippen LogP contribution is -2.08. The van der Waals surface area contributed by atoms with Gasteiger partial charge in [0.1, 0.15) is 0 Å². The summed E-state index contributed by atoms with van der Waals surface area (Å²) in [7, 11) is -1.94. The molecule has 1 nitrogen and oxygen atoms in total. The zero-order chi connectivity index (χ0) is 11.6. The summed E-state index contributed by atoms with van der Waals surface area (Å²) in [5.74, 6) is 0. The molecule has 1 aromatic carbocycles. The van der Waals surface area contributed by atoms with Gasteiger partial charge in [0.2, 0.25) is 0 Å². The predicted octanol–water partition coefficient (Wildman–Crippen LogP) is 4.13. The van der Waals surface area contributed by atoms with Gasteiger partial charge < -0.3 is 4.57 Å². The van der Waals surface area contributed by atoms with Crippen molar-refractivity contribution in [1.29, 1.82) is 0 Å². The summed E-state index contributed by atoms with van der Waals surface area (Å²) in [6, 6.07) is 10.3. The fourth-order valence-corrected chi connectivity index (χ4v) is 9.18. The second-order valence-corrected chi connectivity index (χ2v) is 10.1. The van der Waals surface area contributed by atoms with Gasteiger partial charge in [-0.15, -0.1) is 0 Å². The minimum atomic E-state index is -1.94. The van der Waals surface area contributed by atoms with Gasteiger partial charge in [0.15, 0.2) is 0 Å². The van der Waals surface area contributed by atoms with E-state index in [2.05, 4.69) is 44.0 Å². The number of benzene rings is 1. The van der Waals surface area contributed by atoms with Crippen LogP contribution in [0.1, 0.15) is 5.56 Å². The Bertz CT molecular complexity index is 379. The van der Waals surface area contributed by atoms with Crippen molar-refractivity contribution in [3.8, 4) is 0 Å². The van der Waals surface area contributed by atoms with Crippen LogP contribution >= 0.6 is 39.0 Å². The minimum absolute atomic E-state index is 0.383. The topological polar surface area (TPSA) is 17.1 Å². The number of hydrogen-bond acceptors (Lipinski definition) is 1. The van der Waals surface area contributed by atoms with Crippen molar-refractivity contribution in [3.05, 3.63) is 35.9 Å². The van der Waals surface area contributed by atoms with Crippen LogP contribution in [-0.4, -0.2) is 28.1 Å². The Labute approximate surface area is 114 Å². The van der Waals surface area contributed by atoms with Crippen molar-refractivity contribution in [3.63, 3.8) is 0 Å². The molecule has 0 amide bonds. The molecule has 2 rings (SSSR count). The number of rotatable bonds is 3. The monoisotopic (exact) mass is 364 g/mol. The van der Waals surface area contributed by atoms with Crippen LogP contribution in [0.15, 0.2) is 30.3 Å². The van der Waals surface area contributed by atoms with Gasteiger partial charge in [-0.3, -0.25) is 0 Å². The Balaban J connectivity index is 1.94. The molecule has 0 aromatic heterocycles. The molecule has 0 N–H and O–H groups in total. The lowest BCUT2D eigenvalue weighted by Gasteiger charge is -2.10. The fraction of sp³-hybridized carbons (Fsp3) is 0.500. The van der Waals surface area contributed by atoms with E-state index < -0.39 is 7.14 Å². The van der Waals surface area contributed by atoms with E-state index in [1.165, 1.54) is 5.56 Å². The van der Waals surface area contributed by atoms with Gasteiger partial charge in [-0.05, 0) is 12.0 Å². The molecule has 1 fully saturated rings. The summed E-state index contributed by atoms with van der Waals surface area (Å²) < 4.78 is 12.5. The first-order chi connectivity index (χ1) is 7.59. The maximum Gasteiger partial charge on any atom is 0.0903 e. The zero-order valence-electron chi connectivity index (χ0n) is 8.98. The summed E-state index contributed by atoms with van der Waals surface area (Å²) in [6.07, 6.45) is 3.48. The highest BCUT2D eigenvalue weighted by Crippen LogP contribution is 2.55. The van der Waals surface area contributed by atoms with Gasteiger partial charge in [0, 0.05) is 28.1 Å². The lowest BCUT2D eigenvalue weighted by atomic mass is 10.2. The van der Waals surface area contributed by atoms with Crippen molar-refractivity contribution in [1.82, 2.24) is 0 Å². The van der Waals surface area contributed by atoms with E-state index in [9.17, 15) is 4.57 Å². The Morgan fingerprint density at radius 3 is 2.25 bits per heavy atom. The molecule has 0 radical (unpaired) electrons. The van der Waals surface area contributed by atoms with Crippen LogP contribution in [0.25, 0.3) is 0 Å². The van der Waals surface area contributed by atoms with Crippen LogP contribution in [0.2, 0.25) is 0 Å². The van der Waals surface area contributed by atoms with Gasteiger partial charge in [-0.2, -0.15) is 0 Å². The smallest absolute Gasteiger partial charge is 0.0903 e. The van der Waals surface area contributed by atoms with Gasteiger partial charge in [0.25, 0.3) is 0 Å². The zero-order valence-corrected chi connectivity index (χ0v) is 13.0. The van der Waals surface area contributed by atoms with Gasteiger partial charge in [0.05, 0.1) is 7.14 Å². The highest BCUT2D eigenvalue weighted by atomic mass is 79.9. The summed E-state index contributed by atoms with van der Waals surface area (Å²) in [5, 5.41) is 0. The van der Waals surface area contributed by atoms with Crippen LogP contribution in [0, 0.1) is 0 Å².